The summed E-state index contributed by atoms with van der Waals surface area (Å²) in [6, 6.07) is 1.70. The zero-order chi connectivity index (χ0) is 18.1. The number of rotatable bonds is 4. The van der Waals surface area contributed by atoms with E-state index in [1.165, 1.54) is 12.8 Å². The van der Waals surface area contributed by atoms with Gasteiger partial charge in [0, 0.05) is 32.1 Å². The van der Waals surface area contributed by atoms with Gasteiger partial charge in [0.2, 0.25) is 5.76 Å². The van der Waals surface area contributed by atoms with Crippen molar-refractivity contribution in [2.24, 2.45) is 7.05 Å². The molecule has 0 saturated carbocycles. The summed E-state index contributed by atoms with van der Waals surface area (Å²) in [4.78, 5) is 16.9. The van der Waals surface area contributed by atoms with Crippen LogP contribution in [0, 0.1) is 6.92 Å². The molecule has 1 unspecified atom stereocenters. The molecule has 1 atom stereocenters. The van der Waals surface area contributed by atoms with E-state index in [1.54, 1.807) is 6.07 Å². The van der Waals surface area contributed by atoms with Crippen molar-refractivity contribution in [2.45, 2.75) is 45.1 Å². The lowest BCUT2D eigenvalue weighted by molar-refractivity contribution is 0.0661. The molecule has 2 aliphatic heterocycles. The lowest BCUT2D eigenvalue weighted by Gasteiger charge is -2.31. The monoisotopic (exact) mass is 358 g/mol. The van der Waals surface area contributed by atoms with Crippen LogP contribution < -0.4 is 0 Å². The molecule has 0 spiro atoms. The van der Waals surface area contributed by atoms with Crippen molar-refractivity contribution in [1.82, 2.24) is 29.7 Å². The van der Waals surface area contributed by atoms with E-state index in [1.807, 2.05) is 18.9 Å². The van der Waals surface area contributed by atoms with Crippen molar-refractivity contribution in [3.8, 4) is 0 Å². The smallest absolute Gasteiger partial charge is 0.292 e. The van der Waals surface area contributed by atoms with Crippen LogP contribution in [0.25, 0.3) is 0 Å². The van der Waals surface area contributed by atoms with Gasteiger partial charge in [-0.1, -0.05) is 5.16 Å². The topological polar surface area (TPSA) is 80.3 Å². The van der Waals surface area contributed by atoms with E-state index < -0.39 is 0 Å². The van der Waals surface area contributed by atoms with Crippen LogP contribution >= 0.6 is 0 Å². The van der Waals surface area contributed by atoms with E-state index in [9.17, 15) is 4.79 Å². The van der Waals surface area contributed by atoms with E-state index in [4.69, 9.17) is 4.52 Å². The normalized spacial score (nSPS) is 21.5. The lowest BCUT2D eigenvalue weighted by atomic mass is 9.97. The number of aromatic nitrogens is 4. The molecule has 0 aromatic carbocycles. The maximum Gasteiger partial charge on any atom is 0.292 e. The molecular formula is C18H26N6O2. The third-order valence-electron chi connectivity index (χ3n) is 5.47. The van der Waals surface area contributed by atoms with Gasteiger partial charge in [-0.15, -0.1) is 10.2 Å². The number of piperidine rings is 1. The highest BCUT2D eigenvalue weighted by atomic mass is 16.5. The molecule has 0 radical (unpaired) electrons. The quantitative estimate of drug-likeness (QED) is 0.828. The second kappa shape index (κ2) is 7.19. The first-order chi connectivity index (χ1) is 12.6. The summed E-state index contributed by atoms with van der Waals surface area (Å²) in [6.07, 6.45) is 4.52. The van der Waals surface area contributed by atoms with Gasteiger partial charge in [-0.3, -0.25) is 9.69 Å². The van der Waals surface area contributed by atoms with E-state index in [2.05, 4.69) is 24.8 Å². The second-order valence-corrected chi connectivity index (χ2v) is 7.44. The SMILES string of the molecule is Cc1cc(C(=O)N2CCCC(c3nnc(CN4CCCC4)n3C)C2)on1. The van der Waals surface area contributed by atoms with Crippen molar-refractivity contribution < 1.29 is 9.32 Å². The lowest BCUT2D eigenvalue weighted by Crippen LogP contribution is -2.39. The predicted octanol–water partition coefficient (Wildman–Crippen LogP) is 1.73. The van der Waals surface area contributed by atoms with Crippen LogP contribution in [0.1, 0.15) is 59.5 Å². The Balaban J connectivity index is 1.46. The highest BCUT2D eigenvalue weighted by molar-refractivity contribution is 5.91. The summed E-state index contributed by atoms with van der Waals surface area (Å²) in [7, 11) is 2.04. The fourth-order valence-corrected chi connectivity index (χ4v) is 4.00. The Morgan fingerprint density at radius 1 is 1.23 bits per heavy atom. The Hall–Kier alpha value is -2.22. The van der Waals surface area contributed by atoms with Crippen LogP contribution in [-0.4, -0.2) is 61.8 Å². The number of nitrogens with zero attached hydrogens (tertiary/aromatic N) is 6. The number of carbonyl (C=O) groups excluding carboxylic acids is 1. The van der Waals surface area contributed by atoms with Crippen molar-refractivity contribution in [3.63, 3.8) is 0 Å². The van der Waals surface area contributed by atoms with Gasteiger partial charge in [-0.25, -0.2) is 0 Å². The highest BCUT2D eigenvalue weighted by Gasteiger charge is 2.30. The maximum absolute atomic E-state index is 12.7. The Bertz CT molecular complexity index is 776. The van der Waals surface area contributed by atoms with Crippen LogP contribution in [-0.2, 0) is 13.6 Å². The molecule has 2 fully saturated rings. The molecule has 140 valence electrons. The summed E-state index contributed by atoms with van der Waals surface area (Å²) in [6.45, 7) is 6.35. The highest BCUT2D eigenvalue weighted by Crippen LogP contribution is 2.27. The van der Waals surface area contributed by atoms with Gasteiger partial charge in [0.1, 0.15) is 11.6 Å². The van der Waals surface area contributed by atoms with Crippen LogP contribution in [0.2, 0.25) is 0 Å². The molecule has 0 N–H and O–H groups in total. The number of amides is 1. The fraction of sp³-hybridized carbons (Fsp3) is 0.667. The predicted molar refractivity (Wildman–Crippen MR) is 94.6 cm³/mol. The van der Waals surface area contributed by atoms with Gasteiger partial charge < -0.3 is 14.0 Å². The average molecular weight is 358 g/mol. The summed E-state index contributed by atoms with van der Waals surface area (Å²) < 4.78 is 7.26. The van der Waals surface area contributed by atoms with Crippen molar-refractivity contribution in [1.29, 1.82) is 0 Å². The number of hydrogen-bond donors (Lipinski definition) is 0. The van der Waals surface area contributed by atoms with Crippen molar-refractivity contribution >= 4 is 5.91 Å². The van der Waals surface area contributed by atoms with Crippen LogP contribution in [0.4, 0.5) is 0 Å². The van der Waals surface area contributed by atoms with Gasteiger partial charge in [0.15, 0.2) is 0 Å². The molecule has 4 heterocycles. The van der Waals surface area contributed by atoms with Gasteiger partial charge >= 0.3 is 0 Å². The van der Waals surface area contributed by atoms with Gasteiger partial charge in [0.05, 0.1) is 12.2 Å². The standard InChI is InChI=1S/C18H26N6O2/c1-13-10-15(26-21-13)18(25)24-9-5-6-14(11-24)17-20-19-16(22(17)2)12-23-7-3-4-8-23/h10,14H,3-9,11-12H2,1-2H3. The molecule has 0 aliphatic carbocycles. The Kier molecular flexibility index (Phi) is 4.76. The molecule has 2 aliphatic rings. The molecule has 26 heavy (non-hydrogen) atoms. The van der Waals surface area contributed by atoms with Gasteiger partial charge in [0.25, 0.3) is 5.91 Å². The molecule has 8 heteroatoms. The summed E-state index contributed by atoms with van der Waals surface area (Å²) >= 11 is 0. The van der Waals surface area contributed by atoms with Crippen LogP contribution in [0.5, 0.6) is 0 Å². The zero-order valence-corrected chi connectivity index (χ0v) is 15.5. The number of aryl methyl sites for hydroxylation is 1. The largest absolute Gasteiger partial charge is 0.351 e. The third kappa shape index (κ3) is 3.38. The summed E-state index contributed by atoms with van der Waals surface area (Å²) in [5, 5.41) is 12.7. The second-order valence-electron chi connectivity index (χ2n) is 7.44. The minimum absolute atomic E-state index is 0.0882. The Morgan fingerprint density at radius 3 is 2.77 bits per heavy atom. The summed E-state index contributed by atoms with van der Waals surface area (Å²) in [5.41, 5.74) is 0.724. The number of carbonyl (C=O) groups is 1. The molecule has 2 aromatic heterocycles. The molecular weight excluding hydrogens is 332 g/mol. The first-order valence-electron chi connectivity index (χ1n) is 9.45. The Morgan fingerprint density at radius 2 is 2.04 bits per heavy atom. The molecule has 8 nitrogen and oxygen atoms in total. The number of hydrogen-bond acceptors (Lipinski definition) is 6. The van der Waals surface area contributed by atoms with Crippen molar-refractivity contribution in [2.75, 3.05) is 26.2 Å². The van der Waals surface area contributed by atoms with E-state index >= 15 is 0 Å². The average Bonchev–Trinajstić information content (AvgIpc) is 3.38. The summed E-state index contributed by atoms with van der Waals surface area (Å²) in [5.74, 6) is 2.42. The molecule has 1 amide bonds. The Labute approximate surface area is 153 Å². The number of likely N-dealkylation sites (tertiary alicyclic amines) is 2. The van der Waals surface area contributed by atoms with Crippen LogP contribution in [0.3, 0.4) is 0 Å². The van der Waals surface area contributed by atoms with E-state index in [0.29, 0.717) is 12.3 Å². The molecule has 2 saturated heterocycles. The third-order valence-corrected chi connectivity index (χ3v) is 5.47. The molecule has 4 rings (SSSR count). The minimum Gasteiger partial charge on any atom is -0.351 e. The zero-order valence-electron chi connectivity index (χ0n) is 15.5. The van der Waals surface area contributed by atoms with Gasteiger partial charge in [-0.2, -0.15) is 0 Å². The van der Waals surface area contributed by atoms with E-state index in [0.717, 1.165) is 56.4 Å². The molecule has 2 aromatic rings. The van der Waals surface area contributed by atoms with Crippen molar-refractivity contribution in [3.05, 3.63) is 29.2 Å². The van der Waals surface area contributed by atoms with Crippen LogP contribution in [0.15, 0.2) is 10.6 Å². The first kappa shape index (κ1) is 17.2. The fourth-order valence-electron chi connectivity index (χ4n) is 4.00. The van der Waals surface area contributed by atoms with E-state index in [-0.39, 0.29) is 11.8 Å². The minimum atomic E-state index is -0.0882. The maximum atomic E-state index is 12.7. The molecule has 0 bridgehead atoms. The van der Waals surface area contributed by atoms with Gasteiger partial charge in [-0.05, 0) is 45.7 Å². The first-order valence-corrected chi connectivity index (χ1v) is 9.45.